The van der Waals surface area contributed by atoms with Crippen LogP contribution >= 0.6 is 0 Å². The van der Waals surface area contributed by atoms with E-state index in [1.807, 2.05) is 0 Å². The van der Waals surface area contributed by atoms with Crippen molar-refractivity contribution in [3.8, 4) is 6.07 Å². The van der Waals surface area contributed by atoms with Crippen LogP contribution in [0.3, 0.4) is 0 Å². The van der Waals surface area contributed by atoms with Crippen LogP contribution in [-0.4, -0.2) is 5.97 Å². The minimum absolute atomic E-state index is 0.0860. The highest BCUT2D eigenvalue weighted by Gasteiger charge is 2.61. The number of carbonyl (C=O) groups is 1. The summed E-state index contributed by atoms with van der Waals surface area (Å²) in [5, 5.41) is 8.50. The number of carbonyl (C=O) groups excluding carboxylic acids is 1. The van der Waals surface area contributed by atoms with Gasteiger partial charge in [0.1, 0.15) is 6.61 Å². The normalized spacial score (nSPS) is 22.0. The predicted molar refractivity (Wildman–Crippen MR) is 71.6 cm³/mol. The molecule has 1 saturated carbocycles. The molecule has 2 rings (SSSR count). The van der Waals surface area contributed by atoms with Gasteiger partial charge in [-0.3, -0.25) is 4.79 Å². The molecular weight excluding hydrogens is 314 g/mol. The number of rotatable bonds is 4. The van der Waals surface area contributed by atoms with Crippen LogP contribution < -0.4 is 0 Å². The number of halogens is 4. The summed E-state index contributed by atoms with van der Waals surface area (Å²) < 4.78 is 57.9. The number of nitriles is 1. The van der Waals surface area contributed by atoms with Gasteiger partial charge < -0.3 is 4.74 Å². The highest BCUT2D eigenvalue weighted by Crippen LogP contribution is 2.59. The molecule has 0 unspecified atom stereocenters. The summed E-state index contributed by atoms with van der Waals surface area (Å²) >= 11 is 0. The van der Waals surface area contributed by atoms with Gasteiger partial charge in [0.15, 0.2) is 23.3 Å². The van der Waals surface area contributed by atoms with Gasteiger partial charge in [0.25, 0.3) is 0 Å². The van der Waals surface area contributed by atoms with Crippen LogP contribution in [0.2, 0.25) is 0 Å². The number of ether oxygens (including phenoxy) is 1. The van der Waals surface area contributed by atoms with Gasteiger partial charge >= 0.3 is 5.97 Å². The van der Waals surface area contributed by atoms with Crippen molar-refractivity contribution in [3.05, 3.63) is 47.1 Å². The van der Waals surface area contributed by atoms with E-state index in [1.165, 1.54) is 6.08 Å². The first-order valence-electron chi connectivity index (χ1n) is 6.76. The third-order valence-corrected chi connectivity index (χ3v) is 4.10. The maximum Gasteiger partial charge on any atom is 0.310 e. The topological polar surface area (TPSA) is 50.1 Å². The van der Waals surface area contributed by atoms with Crippen molar-refractivity contribution in [2.75, 3.05) is 0 Å². The average molecular weight is 327 g/mol. The molecule has 0 aliphatic heterocycles. The van der Waals surface area contributed by atoms with E-state index in [1.54, 1.807) is 26.0 Å². The molecule has 1 aromatic rings. The van der Waals surface area contributed by atoms with Gasteiger partial charge in [-0.25, -0.2) is 17.6 Å². The van der Waals surface area contributed by atoms with Crippen molar-refractivity contribution in [2.45, 2.75) is 20.5 Å². The largest absolute Gasteiger partial charge is 0.460 e. The highest BCUT2D eigenvalue weighted by molar-refractivity contribution is 5.78. The monoisotopic (exact) mass is 327 g/mol. The summed E-state index contributed by atoms with van der Waals surface area (Å²) in [6, 6.07) is 1.89. The summed E-state index contributed by atoms with van der Waals surface area (Å²) in [4.78, 5) is 12.0. The van der Waals surface area contributed by atoms with Crippen molar-refractivity contribution in [3.63, 3.8) is 0 Å². The van der Waals surface area contributed by atoms with E-state index in [4.69, 9.17) is 10.00 Å². The van der Waals surface area contributed by atoms with E-state index in [2.05, 4.69) is 0 Å². The molecule has 122 valence electrons. The van der Waals surface area contributed by atoms with Gasteiger partial charge in [-0.2, -0.15) is 5.26 Å². The van der Waals surface area contributed by atoms with Crippen molar-refractivity contribution in [1.29, 1.82) is 5.26 Å². The van der Waals surface area contributed by atoms with Crippen molar-refractivity contribution in [2.24, 2.45) is 17.3 Å². The summed E-state index contributed by atoms with van der Waals surface area (Å²) in [5.41, 5.74) is -1.44. The average Bonchev–Trinajstić information content (AvgIpc) is 3.04. The van der Waals surface area contributed by atoms with Crippen LogP contribution in [0, 0.1) is 51.9 Å². The smallest absolute Gasteiger partial charge is 0.310 e. The molecule has 0 N–H and O–H groups in total. The third-order valence-electron chi connectivity index (χ3n) is 4.10. The summed E-state index contributed by atoms with van der Waals surface area (Å²) in [6.07, 6.45) is 2.79. The third kappa shape index (κ3) is 3.07. The first-order chi connectivity index (χ1) is 10.7. The number of hydrogen-bond donors (Lipinski definition) is 0. The molecule has 1 aromatic carbocycles. The fourth-order valence-corrected chi connectivity index (χ4v) is 2.62. The van der Waals surface area contributed by atoms with Gasteiger partial charge in [-0.1, -0.05) is 19.9 Å². The molecule has 0 spiro atoms. The maximum atomic E-state index is 13.5. The zero-order valence-corrected chi connectivity index (χ0v) is 12.4. The molecule has 1 aliphatic carbocycles. The van der Waals surface area contributed by atoms with E-state index < -0.39 is 52.7 Å². The number of allylic oxidation sites excluding steroid dienone is 2. The van der Waals surface area contributed by atoms with E-state index in [0.717, 1.165) is 0 Å². The van der Waals surface area contributed by atoms with Crippen LogP contribution in [0.25, 0.3) is 0 Å². The van der Waals surface area contributed by atoms with Gasteiger partial charge in [0, 0.05) is 12.1 Å². The molecule has 0 aromatic heterocycles. The minimum atomic E-state index is -1.59. The second-order valence-electron chi connectivity index (χ2n) is 5.87. The zero-order valence-electron chi connectivity index (χ0n) is 12.4. The van der Waals surface area contributed by atoms with E-state index in [0.29, 0.717) is 0 Å². The Morgan fingerprint density at radius 2 is 1.87 bits per heavy atom. The van der Waals surface area contributed by atoms with Gasteiger partial charge in [-0.15, -0.1) is 0 Å². The van der Waals surface area contributed by atoms with Crippen LogP contribution in [0.4, 0.5) is 17.6 Å². The molecule has 0 amide bonds. The first-order valence-corrected chi connectivity index (χ1v) is 6.76. The summed E-state index contributed by atoms with van der Waals surface area (Å²) in [5.74, 6) is -7.87. The molecule has 1 aliphatic rings. The molecule has 0 saturated heterocycles. The molecule has 3 nitrogen and oxygen atoms in total. The number of hydrogen-bond acceptors (Lipinski definition) is 3. The lowest BCUT2D eigenvalue weighted by Gasteiger charge is -2.09. The quantitative estimate of drug-likeness (QED) is 0.367. The van der Waals surface area contributed by atoms with Crippen molar-refractivity contribution in [1.82, 2.24) is 0 Å². The molecule has 0 heterocycles. The Morgan fingerprint density at radius 3 is 2.39 bits per heavy atom. The molecule has 7 heteroatoms. The van der Waals surface area contributed by atoms with Crippen molar-refractivity contribution < 1.29 is 27.1 Å². The van der Waals surface area contributed by atoms with Gasteiger partial charge in [0.2, 0.25) is 0 Å². The Bertz CT molecular complexity index is 696. The fraction of sp³-hybridized carbons (Fsp3) is 0.375. The Hall–Kier alpha value is -2.36. The molecule has 0 bridgehead atoms. The Balaban J connectivity index is 2.10. The number of benzene rings is 1. The Labute approximate surface area is 130 Å². The SMILES string of the molecule is CC1(C)[C@@H](/C=C\C#N)[C@@H]1C(=O)OCc1c(F)c(F)cc(F)c1F. The zero-order chi connectivity index (χ0) is 17.4. The standard InChI is InChI=1S/C16H13F4NO2/c1-16(2)9(4-3-5-21)12(16)15(22)23-7-8-13(19)10(17)6-11(18)14(8)20/h3-4,6,9,12H,7H2,1-2H3/b4-3-/t9-,12+/m0/s1. The van der Waals surface area contributed by atoms with Crippen LogP contribution in [0.5, 0.6) is 0 Å². The van der Waals surface area contributed by atoms with Crippen LogP contribution in [0.15, 0.2) is 18.2 Å². The second kappa shape index (κ2) is 6.03. The lowest BCUT2D eigenvalue weighted by atomic mass is 10.1. The lowest BCUT2D eigenvalue weighted by Crippen LogP contribution is -2.13. The highest BCUT2D eigenvalue weighted by atomic mass is 19.2. The predicted octanol–water partition coefficient (Wildman–Crippen LogP) is 3.64. The Morgan fingerprint density at radius 1 is 1.30 bits per heavy atom. The minimum Gasteiger partial charge on any atom is -0.460 e. The molecule has 2 atom stereocenters. The van der Waals surface area contributed by atoms with Gasteiger partial charge in [0.05, 0.1) is 17.6 Å². The molecule has 1 fully saturated rings. The van der Waals surface area contributed by atoms with Crippen LogP contribution in [0.1, 0.15) is 19.4 Å². The van der Waals surface area contributed by atoms with Gasteiger partial charge in [-0.05, 0) is 11.3 Å². The van der Waals surface area contributed by atoms with Crippen LogP contribution in [-0.2, 0) is 16.1 Å². The second-order valence-corrected chi connectivity index (χ2v) is 5.87. The van der Waals surface area contributed by atoms with E-state index in [-0.39, 0.29) is 12.0 Å². The van der Waals surface area contributed by atoms with E-state index in [9.17, 15) is 22.4 Å². The van der Waals surface area contributed by atoms with E-state index >= 15 is 0 Å². The number of nitrogens with zero attached hydrogens (tertiary/aromatic N) is 1. The summed E-state index contributed by atoms with van der Waals surface area (Å²) in [7, 11) is 0. The number of esters is 1. The summed E-state index contributed by atoms with van der Waals surface area (Å²) in [6.45, 7) is 2.63. The fourth-order valence-electron chi connectivity index (χ4n) is 2.62. The maximum absolute atomic E-state index is 13.5. The molecule has 0 radical (unpaired) electrons. The molecule has 23 heavy (non-hydrogen) atoms. The molecular formula is C16H13F4NO2. The first kappa shape index (κ1) is 17.0. The Kier molecular flexibility index (Phi) is 4.46. The lowest BCUT2D eigenvalue weighted by molar-refractivity contribution is -0.147. The van der Waals surface area contributed by atoms with Crippen molar-refractivity contribution >= 4 is 5.97 Å².